The summed E-state index contributed by atoms with van der Waals surface area (Å²) in [5.74, 6) is 0.530. The van der Waals surface area contributed by atoms with Gasteiger partial charge in [-0.1, -0.05) is 12.1 Å². The standard InChI is InChI=1S/C25H25N5O2/c31-24(27-21-7-2-5-16-4-1-6-19(16)21)23-20-11-13-29(22-8-3-12-26-28-22)14-17(20)15-30(25(23)32)18-9-10-18/h2-3,5,7-8,12,15,18H,1,4,6,9-11,13-14H2,(H,27,31). The summed E-state index contributed by atoms with van der Waals surface area (Å²) >= 11 is 0. The van der Waals surface area contributed by atoms with Crippen molar-refractivity contribution in [3.05, 3.63) is 80.9 Å². The largest absolute Gasteiger partial charge is 0.350 e. The van der Waals surface area contributed by atoms with Crippen molar-refractivity contribution >= 4 is 17.4 Å². The van der Waals surface area contributed by atoms with Crippen molar-refractivity contribution in [2.24, 2.45) is 0 Å². The van der Waals surface area contributed by atoms with E-state index in [0.717, 1.165) is 54.7 Å². The molecule has 0 radical (unpaired) electrons. The van der Waals surface area contributed by atoms with Crippen molar-refractivity contribution < 1.29 is 4.79 Å². The predicted molar refractivity (Wildman–Crippen MR) is 122 cm³/mol. The number of aryl methyl sites for hydroxylation is 1. The molecule has 3 aliphatic rings. The molecule has 3 aromatic rings. The number of nitrogens with zero attached hydrogens (tertiary/aromatic N) is 4. The van der Waals surface area contributed by atoms with Gasteiger partial charge in [-0.25, -0.2) is 0 Å². The predicted octanol–water partition coefficient (Wildman–Crippen LogP) is 3.28. The molecule has 1 N–H and O–H groups in total. The average molecular weight is 428 g/mol. The second-order valence-electron chi connectivity index (χ2n) is 8.96. The Hall–Kier alpha value is -3.48. The Kier molecular flexibility index (Phi) is 4.56. The molecule has 1 amide bonds. The number of carbonyl (C=O) groups is 1. The van der Waals surface area contributed by atoms with Crippen LogP contribution in [0.5, 0.6) is 0 Å². The molecule has 0 unspecified atom stereocenters. The number of fused-ring (bicyclic) bond motifs is 2. The summed E-state index contributed by atoms with van der Waals surface area (Å²) in [5.41, 5.74) is 5.40. The molecule has 1 fully saturated rings. The summed E-state index contributed by atoms with van der Waals surface area (Å²) < 4.78 is 1.78. The fourth-order valence-corrected chi connectivity index (χ4v) is 5.11. The van der Waals surface area contributed by atoms with E-state index in [-0.39, 0.29) is 17.5 Å². The lowest BCUT2D eigenvalue weighted by Crippen LogP contribution is -2.38. The number of benzene rings is 1. The van der Waals surface area contributed by atoms with Crippen LogP contribution in [0.2, 0.25) is 0 Å². The fourth-order valence-electron chi connectivity index (χ4n) is 5.11. The molecule has 1 aromatic carbocycles. The second-order valence-corrected chi connectivity index (χ2v) is 8.96. The third-order valence-electron chi connectivity index (χ3n) is 6.87. The van der Waals surface area contributed by atoms with Crippen LogP contribution in [-0.2, 0) is 25.8 Å². The van der Waals surface area contributed by atoms with Gasteiger partial charge in [-0.3, -0.25) is 9.59 Å². The number of aromatic nitrogens is 3. The highest BCUT2D eigenvalue weighted by atomic mass is 16.2. The summed E-state index contributed by atoms with van der Waals surface area (Å²) in [4.78, 5) is 29.1. The molecule has 0 bridgehead atoms. The van der Waals surface area contributed by atoms with Crippen molar-refractivity contribution in [2.75, 3.05) is 16.8 Å². The molecule has 0 saturated heterocycles. The molecule has 1 saturated carbocycles. The molecule has 32 heavy (non-hydrogen) atoms. The molecule has 1 aliphatic heterocycles. The lowest BCUT2D eigenvalue weighted by Gasteiger charge is -2.31. The highest BCUT2D eigenvalue weighted by Crippen LogP contribution is 2.35. The number of rotatable bonds is 4. The topological polar surface area (TPSA) is 80.1 Å². The van der Waals surface area contributed by atoms with Crippen LogP contribution >= 0.6 is 0 Å². The SMILES string of the molecule is O=C(Nc1cccc2c1CCC2)c1c2c(cn(C3CC3)c1=O)CN(c1cccnn1)CC2. The smallest absolute Gasteiger partial charge is 0.263 e. The normalized spacial score (nSPS) is 17.1. The van der Waals surface area contributed by atoms with Crippen LogP contribution < -0.4 is 15.8 Å². The minimum atomic E-state index is -0.283. The van der Waals surface area contributed by atoms with E-state index in [1.165, 1.54) is 11.1 Å². The van der Waals surface area contributed by atoms with Crippen molar-refractivity contribution in [1.29, 1.82) is 0 Å². The van der Waals surface area contributed by atoms with Crippen molar-refractivity contribution in [2.45, 2.75) is 51.1 Å². The third-order valence-corrected chi connectivity index (χ3v) is 6.87. The number of nitrogens with one attached hydrogen (secondary N) is 1. The Bertz CT molecular complexity index is 1260. The summed E-state index contributed by atoms with van der Waals surface area (Å²) in [5, 5.41) is 11.3. The van der Waals surface area contributed by atoms with Gasteiger partial charge < -0.3 is 14.8 Å². The van der Waals surface area contributed by atoms with Gasteiger partial charge >= 0.3 is 0 Å². The Morgan fingerprint density at radius 1 is 1.03 bits per heavy atom. The van der Waals surface area contributed by atoms with Crippen molar-refractivity contribution in [1.82, 2.24) is 14.8 Å². The molecule has 3 heterocycles. The lowest BCUT2D eigenvalue weighted by atomic mass is 9.95. The number of anilines is 2. The summed E-state index contributed by atoms with van der Waals surface area (Å²) in [6.45, 7) is 1.31. The first kappa shape index (κ1) is 19.2. The molecule has 2 aromatic heterocycles. The highest BCUT2D eigenvalue weighted by Gasteiger charge is 2.32. The van der Waals surface area contributed by atoms with Crippen LogP contribution in [0.4, 0.5) is 11.5 Å². The zero-order chi connectivity index (χ0) is 21.7. The monoisotopic (exact) mass is 427 g/mol. The minimum Gasteiger partial charge on any atom is -0.350 e. The van der Waals surface area contributed by atoms with Gasteiger partial charge in [0.25, 0.3) is 11.5 Å². The van der Waals surface area contributed by atoms with E-state index in [1.807, 2.05) is 30.5 Å². The number of amides is 1. The first-order chi connectivity index (χ1) is 15.7. The maximum Gasteiger partial charge on any atom is 0.263 e. The molecular formula is C25H25N5O2. The zero-order valence-corrected chi connectivity index (χ0v) is 17.9. The van der Waals surface area contributed by atoms with Crippen LogP contribution in [0, 0.1) is 0 Å². The van der Waals surface area contributed by atoms with E-state index in [9.17, 15) is 9.59 Å². The second kappa shape index (κ2) is 7.58. The van der Waals surface area contributed by atoms with E-state index in [4.69, 9.17) is 0 Å². The van der Waals surface area contributed by atoms with Gasteiger partial charge in [0.15, 0.2) is 5.82 Å². The maximum absolute atomic E-state index is 13.5. The molecule has 6 rings (SSSR count). The van der Waals surface area contributed by atoms with E-state index in [1.54, 1.807) is 10.8 Å². The van der Waals surface area contributed by atoms with Crippen LogP contribution in [-0.4, -0.2) is 27.2 Å². The molecule has 7 nitrogen and oxygen atoms in total. The molecule has 0 atom stereocenters. The van der Waals surface area contributed by atoms with E-state index in [0.29, 0.717) is 25.1 Å². The number of hydrogen-bond donors (Lipinski definition) is 1. The van der Waals surface area contributed by atoms with Crippen molar-refractivity contribution in [3.63, 3.8) is 0 Å². The van der Waals surface area contributed by atoms with Crippen LogP contribution in [0.25, 0.3) is 0 Å². The quantitative estimate of drug-likeness (QED) is 0.691. The molecule has 0 spiro atoms. The molecular weight excluding hydrogens is 402 g/mol. The highest BCUT2D eigenvalue weighted by molar-refractivity contribution is 6.05. The van der Waals surface area contributed by atoms with Gasteiger partial charge in [-0.2, -0.15) is 5.10 Å². The first-order valence-electron chi connectivity index (χ1n) is 11.4. The van der Waals surface area contributed by atoms with Crippen LogP contribution in [0.15, 0.2) is 47.5 Å². The summed E-state index contributed by atoms with van der Waals surface area (Å²) in [7, 11) is 0. The Morgan fingerprint density at radius 2 is 1.94 bits per heavy atom. The van der Waals surface area contributed by atoms with E-state index < -0.39 is 0 Å². The van der Waals surface area contributed by atoms with Gasteiger partial charge in [0.05, 0.1) is 0 Å². The average Bonchev–Trinajstić information content (AvgIpc) is 3.55. The number of pyridine rings is 1. The third kappa shape index (κ3) is 3.28. The van der Waals surface area contributed by atoms with Gasteiger partial charge in [0.1, 0.15) is 5.56 Å². The van der Waals surface area contributed by atoms with Crippen molar-refractivity contribution in [3.8, 4) is 0 Å². The summed E-state index contributed by atoms with van der Waals surface area (Å²) in [6, 6.07) is 10.1. The molecule has 2 aliphatic carbocycles. The Balaban J connectivity index is 1.39. The van der Waals surface area contributed by atoms with Crippen LogP contribution in [0.3, 0.4) is 0 Å². The first-order valence-corrected chi connectivity index (χ1v) is 11.4. The Morgan fingerprint density at radius 3 is 2.75 bits per heavy atom. The number of carbonyl (C=O) groups excluding carboxylic acids is 1. The maximum atomic E-state index is 13.5. The van der Waals surface area contributed by atoms with Gasteiger partial charge in [-0.05, 0) is 79.0 Å². The molecule has 7 heteroatoms. The zero-order valence-electron chi connectivity index (χ0n) is 17.9. The van der Waals surface area contributed by atoms with Gasteiger partial charge in [0, 0.05) is 37.2 Å². The summed E-state index contributed by atoms with van der Waals surface area (Å²) in [6.07, 6.45) is 9.35. The van der Waals surface area contributed by atoms with Gasteiger partial charge in [0.2, 0.25) is 0 Å². The lowest BCUT2D eigenvalue weighted by molar-refractivity contribution is 0.102. The molecule has 162 valence electrons. The van der Waals surface area contributed by atoms with Gasteiger partial charge in [-0.15, -0.1) is 5.10 Å². The fraction of sp³-hybridized carbons (Fsp3) is 0.360. The van der Waals surface area contributed by atoms with E-state index in [2.05, 4.69) is 26.5 Å². The Labute approximate surface area is 186 Å². The number of hydrogen-bond acceptors (Lipinski definition) is 5. The van der Waals surface area contributed by atoms with E-state index >= 15 is 0 Å². The minimum absolute atomic E-state index is 0.163. The van der Waals surface area contributed by atoms with Crippen LogP contribution in [0.1, 0.15) is 57.9 Å².